The lowest BCUT2D eigenvalue weighted by Crippen LogP contribution is -1.98. The van der Waals surface area contributed by atoms with Crippen LogP contribution in [0.3, 0.4) is 0 Å². The number of fused-ring (bicyclic) bond motifs is 1. The van der Waals surface area contributed by atoms with Gasteiger partial charge in [0.25, 0.3) is 0 Å². The Kier molecular flexibility index (Phi) is 3.22. The Bertz CT molecular complexity index is 743. The second-order valence-corrected chi connectivity index (χ2v) is 5.28. The minimum absolute atomic E-state index is 0.655. The molecule has 96 valence electrons. The van der Waals surface area contributed by atoms with E-state index < -0.39 is 0 Å². The molecule has 1 aliphatic carbocycles. The maximum Gasteiger partial charge on any atom is 0.178 e. The van der Waals surface area contributed by atoms with Gasteiger partial charge in [0, 0.05) is 6.54 Å². The molecule has 0 fully saturated rings. The Morgan fingerprint density at radius 3 is 3.05 bits per heavy atom. The fraction of sp³-hybridized carbons (Fsp3) is 0.333. The minimum atomic E-state index is 0.655. The summed E-state index contributed by atoms with van der Waals surface area (Å²) in [7, 11) is 0. The first kappa shape index (κ1) is 12.2. The van der Waals surface area contributed by atoms with Gasteiger partial charge < -0.3 is 9.55 Å². The molecule has 0 saturated heterocycles. The number of para-hydroxylation sites is 1. The van der Waals surface area contributed by atoms with E-state index in [1.807, 2.05) is 18.2 Å². The molecule has 1 N–H and O–H groups in total. The number of nitriles is 1. The van der Waals surface area contributed by atoms with Gasteiger partial charge >= 0.3 is 0 Å². The first-order chi connectivity index (χ1) is 9.29. The molecule has 2 aromatic rings. The van der Waals surface area contributed by atoms with E-state index in [0.29, 0.717) is 10.3 Å². The van der Waals surface area contributed by atoms with Crippen molar-refractivity contribution >= 4 is 23.3 Å². The standard InChI is InChI=1S/C15H15N3S/c16-10-12-6-3-7-13-14(12)17-15(19)18(13)9-8-11-4-1-2-5-11/h3-4,6-7H,1-2,5,8-9H2,(H,17,19). The second kappa shape index (κ2) is 5.02. The van der Waals surface area contributed by atoms with Crippen LogP contribution in [-0.2, 0) is 6.54 Å². The Hall–Kier alpha value is -1.86. The van der Waals surface area contributed by atoms with Crippen molar-refractivity contribution in [2.45, 2.75) is 32.2 Å². The molecule has 0 aliphatic heterocycles. The van der Waals surface area contributed by atoms with Crippen LogP contribution in [-0.4, -0.2) is 9.55 Å². The maximum absolute atomic E-state index is 9.12. The molecule has 0 spiro atoms. The van der Waals surface area contributed by atoms with Gasteiger partial charge in [-0.25, -0.2) is 0 Å². The first-order valence-electron chi connectivity index (χ1n) is 6.59. The van der Waals surface area contributed by atoms with Gasteiger partial charge in [0.1, 0.15) is 6.07 Å². The van der Waals surface area contributed by atoms with E-state index in [-0.39, 0.29) is 0 Å². The Morgan fingerprint density at radius 1 is 1.42 bits per heavy atom. The van der Waals surface area contributed by atoms with Gasteiger partial charge in [-0.15, -0.1) is 0 Å². The van der Waals surface area contributed by atoms with Gasteiger partial charge in [0.2, 0.25) is 0 Å². The number of imidazole rings is 1. The number of nitrogens with one attached hydrogen (secondary N) is 1. The summed E-state index contributed by atoms with van der Waals surface area (Å²) in [5.41, 5.74) is 4.08. The van der Waals surface area contributed by atoms with E-state index in [9.17, 15) is 0 Å². The average Bonchev–Trinajstić information content (AvgIpc) is 3.03. The second-order valence-electron chi connectivity index (χ2n) is 4.90. The number of hydrogen-bond acceptors (Lipinski definition) is 2. The molecule has 0 atom stereocenters. The monoisotopic (exact) mass is 269 g/mol. The average molecular weight is 269 g/mol. The van der Waals surface area contributed by atoms with Crippen molar-refractivity contribution in [2.75, 3.05) is 0 Å². The third kappa shape index (κ3) is 2.22. The van der Waals surface area contributed by atoms with Crippen LogP contribution in [0.15, 0.2) is 29.8 Å². The number of nitrogens with zero attached hydrogens (tertiary/aromatic N) is 2. The van der Waals surface area contributed by atoms with Crippen molar-refractivity contribution in [1.82, 2.24) is 9.55 Å². The summed E-state index contributed by atoms with van der Waals surface area (Å²) in [4.78, 5) is 3.16. The molecule has 0 bridgehead atoms. The van der Waals surface area contributed by atoms with E-state index in [4.69, 9.17) is 17.5 Å². The quantitative estimate of drug-likeness (QED) is 0.674. The van der Waals surface area contributed by atoms with Crippen LogP contribution in [0.4, 0.5) is 0 Å². The number of aromatic amines is 1. The summed E-state index contributed by atoms with van der Waals surface area (Å²) in [5, 5.41) is 9.12. The highest BCUT2D eigenvalue weighted by Crippen LogP contribution is 2.23. The fourth-order valence-electron chi connectivity index (χ4n) is 2.72. The summed E-state index contributed by atoms with van der Waals surface area (Å²) in [6, 6.07) is 7.95. The molecule has 1 aliphatic rings. The molecular formula is C15H15N3S. The number of allylic oxidation sites excluding steroid dienone is 2. The summed E-state index contributed by atoms with van der Waals surface area (Å²) in [6.07, 6.45) is 7.12. The first-order valence-corrected chi connectivity index (χ1v) is 7.00. The zero-order chi connectivity index (χ0) is 13.2. The molecule has 3 nitrogen and oxygen atoms in total. The Balaban J connectivity index is 1.97. The van der Waals surface area contributed by atoms with Gasteiger partial charge in [-0.05, 0) is 50.0 Å². The zero-order valence-electron chi connectivity index (χ0n) is 10.6. The highest BCUT2D eigenvalue weighted by Gasteiger charge is 2.09. The number of rotatable bonds is 3. The number of aromatic nitrogens is 2. The topological polar surface area (TPSA) is 44.5 Å². The van der Waals surface area contributed by atoms with Crippen LogP contribution in [0.1, 0.15) is 31.2 Å². The van der Waals surface area contributed by atoms with Gasteiger partial charge in [0.15, 0.2) is 4.77 Å². The molecule has 0 unspecified atom stereocenters. The van der Waals surface area contributed by atoms with Crippen LogP contribution >= 0.6 is 12.2 Å². The number of benzene rings is 1. The van der Waals surface area contributed by atoms with Crippen LogP contribution in [0.5, 0.6) is 0 Å². The van der Waals surface area contributed by atoms with E-state index in [0.717, 1.165) is 24.0 Å². The fourth-order valence-corrected chi connectivity index (χ4v) is 3.01. The van der Waals surface area contributed by atoms with Gasteiger partial charge in [-0.2, -0.15) is 5.26 Å². The SMILES string of the molecule is N#Cc1cccc2c1[nH]c(=S)n2CCC1=CCCC1. The van der Waals surface area contributed by atoms with Crippen molar-refractivity contribution in [1.29, 1.82) is 5.26 Å². The molecule has 4 heteroatoms. The smallest absolute Gasteiger partial charge is 0.178 e. The number of H-pyrrole nitrogens is 1. The zero-order valence-corrected chi connectivity index (χ0v) is 11.5. The van der Waals surface area contributed by atoms with Crippen molar-refractivity contribution in [2.24, 2.45) is 0 Å². The van der Waals surface area contributed by atoms with E-state index in [2.05, 4.69) is 21.7 Å². The van der Waals surface area contributed by atoms with Crippen molar-refractivity contribution in [3.8, 4) is 6.07 Å². The number of aryl methyl sites for hydroxylation is 1. The largest absolute Gasteiger partial charge is 0.329 e. The third-order valence-electron chi connectivity index (χ3n) is 3.72. The Morgan fingerprint density at radius 2 is 2.32 bits per heavy atom. The summed E-state index contributed by atoms with van der Waals surface area (Å²) in [5.74, 6) is 0. The van der Waals surface area contributed by atoms with Crippen molar-refractivity contribution in [3.05, 3.63) is 40.2 Å². The normalized spacial score (nSPS) is 14.6. The van der Waals surface area contributed by atoms with E-state index >= 15 is 0 Å². The van der Waals surface area contributed by atoms with Gasteiger partial charge in [0.05, 0.1) is 16.6 Å². The molecule has 19 heavy (non-hydrogen) atoms. The number of hydrogen-bond donors (Lipinski definition) is 1. The van der Waals surface area contributed by atoms with Crippen LogP contribution < -0.4 is 0 Å². The maximum atomic E-state index is 9.12. The highest BCUT2D eigenvalue weighted by atomic mass is 32.1. The molecule has 1 aromatic heterocycles. The summed E-state index contributed by atoms with van der Waals surface area (Å²) in [6.45, 7) is 0.888. The molecule has 3 rings (SSSR count). The van der Waals surface area contributed by atoms with Gasteiger partial charge in [-0.1, -0.05) is 17.7 Å². The van der Waals surface area contributed by atoms with E-state index in [1.54, 1.807) is 0 Å². The molecule has 1 heterocycles. The highest BCUT2D eigenvalue weighted by molar-refractivity contribution is 7.71. The minimum Gasteiger partial charge on any atom is -0.329 e. The molecule has 0 radical (unpaired) electrons. The third-order valence-corrected chi connectivity index (χ3v) is 4.04. The molecule has 1 aromatic carbocycles. The Labute approximate surface area is 117 Å². The lowest BCUT2D eigenvalue weighted by molar-refractivity contribution is 0.688. The van der Waals surface area contributed by atoms with Crippen LogP contribution in [0, 0.1) is 16.1 Å². The lowest BCUT2D eigenvalue weighted by Gasteiger charge is -2.05. The van der Waals surface area contributed by atoms with E-state index in [1.165, 1.54) is 24.8 Å². The summed E-state index contributed by atoms with van der Waals surface area (Å²) >= 11 is 5.38. The van der Waals surface area contributed by atoms with Gasteiger partial charge in [-0.3, -0.25) is 0 Å². The molecular weight excluding hydrogens is 254 g/mol. The van der Waals surface area contributed by atoms with Crippen molar-refractivity contribution < 1.29 is 0 Å². The predicted octanol–water partition coefficient (Wildman–Crippen LogP) is 4.07. The molecule has 0 saturated carbocycles. The predicted molar refractivity (Wildman–Crippen MR) is 78.4 cm³/mol. The van der Waals surface area contributed by atoms with Crippen molar-refractivity contribution in [3.63, 3.8) is 0 Å². The molecule has 0 amide bonds. The van der Waals surface area contributed by atoms with Crippen LogP contribution in [0.2, 0.25) is 0 Å². The lowest BCUT2D eigenvalue weighted by atomic mass is 10.1. The summed E-state index contributed by atoms with van der Waals surface area (Å²) < 4.78 is 2.81. The van der Waals surface area contributed by atoms with Crippen LogP contribution in [0.25, 0.3) is 11.0 Å².